The Balaban J connectivity index is 1.70. The van der Waals surface area contributed by atoms with Crippen LogP contribution in [0.5, 0.6) is 0 Å². The van der Waals surface area contributed by atoms with Gasteiger partial charge < -0.3 is 15.2 Å². The van der Waals surface area contributed by atoms with E-state index in [4.69, 9.17) is 9.84 Å². The van der Waals surface area contributed by atoms with Crippen LogP contribution < -0.4 is 5.32 Å². The average Bonchev–Trinajstić information content (AvgIpc) is 2.62. The van der Waals surface area contributed by atoms with Crippen molar-refractivity contribution in [2.45, 2.75) is 31.4 Å². The topological polar surface area (TPSA) is 75.6 Å². The summed E-state index contributed by atoms with van der Waals surface area (Å²) in [5, 5.41) is 11.9. The van der Waals surface area contributed by atoms with Gasteiger partial charge in [0.05, 0.1) is 31.6 Å². The van der Waals surface area contributed by atoms with Gasteiger partial charge in [0.25, 0.3) is 0 Å². The zero-order chi connectivity index (χ0) is 18.5. The van der Waals surface area contributed by atoms with Crippen LogP contribution in [-0.2, 0) is 20.7 Å². The highest BCUT2D eigenvalue weighted by molar-refractivity contribution is 5.78. The van der Waals surface area contributed by atoms with E-state index in [2.05, 4.69) is 5.32 Å². The molecule has 0 aromatic heterocycles. The fourth-order valence-corrected chi connectivity index (χ4v) is 3.19. The van der Waals surface area contributed by atoms with E-state index in [9.17, 15) is 14.0 Å². The first-order valence-corrected chi connectivity index (χ1v) is 8.49. The van der Waals surface area contributed by atoms with E-state index >= 15 is 0 Å². The number of carboxylic acids is 1. The molecule has 0 aliphatic carbocycles. The van der Waals surface area contributed by atoms with Crippen molar-refractivity contribution in [3.8, 4) is 0 Å². The van der Waals surface area contributed by atoms with Crippen LogP contribution in [0.1, 0.15) is 41.7 Å². The summed E-state index contributed by atoms with van der Waals surface area (Å²) < 4.78 is 18.8. The molecule has 3 rings (SSSR count). The van der Waals surface area contributed by atoms with Crippen molar-refractivity contribution in [1.29, 1.82) is 0 Å². The molecule has 0 radical (unpaired) electrons. The number of hydrogen-bond donors (Lipinski definition) is 2. The molecule has 1 heterocycles. The molecule has 1 aliphatic rings. The summed E-state index contributed by atoms with van der Waals surface area (Å²) >= 11 is 0. The Bertz CT molecular complexity index is 791. The van der Waals surface area contributed by atoms with Crippen LogP contribution >= 0.6 is 0 Å². The normalized spacial score (nSPS) is 17.2. The van der Waals surface area contributed by atoms with Crippen molar-refractivity contribution < 1.29 is 23.8 Å². The highest BCUT2D eigenvalue weighted by Crippen LogP contribution is 2.29. The number of ether oxygens (including phenoxy) is 1. The molecule has 0 spiro atoms. The summed E-state index contributed by atoms with van der Waals surface area (Å²) in [7, 11) is 0. The van der Waals surface area contributed by atoms with Gasteiger partial charge in [-0.05, 0) is 35.2 Å². The quantitative estimate of drug-likeness (QED) is 0.833. The number of amides is 1. The van der Waals surface area contributed by atoms with Crippen LogP contribution in [0.2, 0.25) is 0 Å². The number of carboxylic acid groups (broad SMARTS) is 1. The minimum atomic E-state index is -1.04. The SMILES string of the molecule is O=C(O)C[C@@H](NC(=O)C[C@@H]1OCCc2ccccc21)c1ccc(F)cc1. The van der Waals surface area contributed by atoms with Crippen molar-refractivity contribution in [2.75, 3.05) is 6.61 Å². The third-order valence-corrected chi connectivity index (χ3v) is 4.45. The summed E-state index contributed by atoms with van der Waals surface area (Å²) in [6.07, 6.45) is 0.290. The van der Waals surface area contributed by atoms with Crippen LogP contribution in [0.25, 0.3) is 0 Å². The molecule has 136 valence electrons. The molecule has 5 nitrogen and oxygen atoms in total. The molecule has 0 bridgehead atoms. The van der Waals surface area contributed by atoms with Crippen molar-refractivity contribution in [1.82, 2.24) is 5.32 Å². The molecule has 0 saturated heterocycles. The number of halogens is 1. The number of fused-ring (bicyclic) bond motifs is 1. The van der Waals surface area contributed by atoms with Crippen molar-refractivity contribution in [2.24, 2.45) is 0 Å². The van der Waals surface area contributed by atoms with E-state index in [1.54, 1.807) is 0 Å². The number of carbonyl (C=O) groups is 2. The predicted octanol–water partition coefficient (Wildman–Crippen LogP) is 3.16. The molecule has 0 fully saturated rings. The van der Waals surface area contributed by atoms with Gasteiger partial charge in [-0.1, -0.05) is 36.4 Å². The first-order valence-electron chi connectivity index (χ1n) is 8.49. The molecule has 1 amide bonds. The molecular weight excluding hydrogens is 337 g/mol. The molecule has 0 saturated carbocycles. The molecule has 2 atom stereocenters. The maximum Gasteiger partial charge on any atom is 0.305 e. The third kappa shape index (κ3) is 4.46. The highest BCUT2D eigenvalue weighted by atomic mass is 19.1. The minimum Gasteiger partial charge on any atom is -0.481 e. The predicted molar refractivity (Wildman–Crippen MR) is 93.0 cm³/mol. The molecule has 1 aliphatic heterocycles. The Morgan fingerprint density at radius 2 is 1.92 bits per heavy atom. The number of nitrogens with one attached hydrogen (secondary N) is 1. The van der Waals surface area contributed by atoms with Crippen molar-refractivity contribution >= 4 is 11.9 Å². The van der Waals surface area contributed by atoms with Crippen molar-refractivity contribution in [3.63, 3.8) is 0 Å². The van der Waals surface area contributed by atoms with Gasteiger partial charge in [-0.15, -0.1) is 0 Å². The lowest BCUT2D eigenvalue weighted by Crippen LogP contribution is -2.32. The average molecular weight is 357 g/mol. The Labute approximate surface area is 150 Å². The Kier molecular flexibility index (Phi) is 5.63. The number of rotatable bonds is 6. The minimum absolute atomic E-state index is 0.105. The van der Waals surface area contributed by atoms with Crippen LogP contribution in [0, 0.1) is 5.82 Å². The van der Waals surface area contributed by atoms with E-state index in [0.717, 1.165) is 17.5 Å². The van der Waals surface area contributed by atoms with Gasteiger partial charge in [-0.25, -0.2) is 4.39 Å². The van der Waals surface area contributed by atoms with E-state index < -0.39 is 17.8 Å². The highest BCUT2D eigenvalue weighted by Gasteiger charge is 2.25. The van der Waals surface area contributed by atoms with Gasteiger partial charge >= 0.3 is 5.97 Å². The number of aliphatic carboxylic acids is 1. The fourth-order valence-electron chi connectivity index (χ4n) is 3.19. The van der Waals surface area contributed by atoms with Crippen LogP contribution in [0.3, 0.4) is 0 Å². The van der Waals surface area contributed by atoms with E-state index in [1.165, 1.54) is 24.3 Å². The summed E-state index contributed by atoms with van der Waals surface area (Å²) in [6.45, 7) is 0.547. The monoisotopic (exact) mass is 357 g/mol. The maximum atomic E-state index is 13.1. The first kappa shape index (κ1) is 18.1. The molecule has 6 heteroatoms. The van der Waals surface area contributed by atoms with E-state index in [-0.39, 0.29) is 24.9 Å². The summed E-state index contributed by atoms with van der Waals surface area (Å²) in [5.74, 6) is -1.76. The second kappa shape index (κ2) is 8.10. The summed E-state index contributed by atoms with van der Waals surface area (Å²) in [6, 6.07) is 12.6. The second-order valence-corrected chi connectivity index (χ2v) is 6.28. The molecule has 2 N–H and O–H groups in total. The smallest absolute Gasteiger partial charge is 0.305 e. The van der Waals surface area contributed by atoms with Gasteiger partial charge in [-0.3, -0.25) is 9.59 Å². The molecular formula is C20H20FNO4. The maximum absolute atomic E-state index is 13.1. The molecule has 0 unspecified atom stereocenters. The van der Waals surface area contributed by atoms with E-state index in [0.29, 0.717) is 12.2 Å². The van der Waals surface area contributed by atoms with Gasteiger partial charge in [0.2, 0.25) is 5.91 Å². The summed E-state index contributed by atoms with van der Waals surface area (Å²) in [5.41, 5.74) is 2.70. The largest absolute Gasteiger partial charge is 0.481 e. The van der Waals surface area contributed by atoms with Crippen LogP contribution in [0.4, 0.5) is 4.39 Å². The number of hydrogen-bond acceptors (Lipinski definition) is 3. The Hall–Kier alpha value is -2.73. The lowest BCUT2D eigenvalue weighted by molar-refractivity contribution is -0.137. The van der Waals surface area contributed by atoms with E-state index in [1.807, 2.05) is 24.3 Å². The third-order valence-electron chi connectivity index (χ3n) is 4.45. The number of carbonyl (C=O) groups excluding carboxylic acids is 1. The standard InChI is InChI=1S/C20H20FNO4/c21-15-7-5-14(6-8-15)17(11-20(24)25)22-19(23)12-18-16-4-2-1-3-13(16)9-10-26-18/h1-8,17-18H,9-12H2,(H,22,23)(H,24,25)/t17-,18+/m1/s1. The number of benzene rings is 2. The molecule has 26 heavy (non-hydrogen) atoms. The molecule has 2 aromatic rings. The zero-order valence-corrected chi connectivity index (χ0v) is 14.2. The molecule has 2 aromatic carbocycles. The lowest BCUT2D eigenvalue weighted by Gasteiger charge is -2.26. The lowest BCUT2D eigenvalue weighted by atomic mass is 9.95. The van der Waals surface area contributed by atoms with Gasteiger partial charge in [0.15, 0.2) is 0 Å². The first-order chi connectivity index (χ1) is 12.5. The fraction of sp³-hybridized carbons (Fsp3) is 0.300. The van der Waals surface area contributed by atoms with Gasteiger partial charge in [-0.2, -0.15) is 0 Å². The zero-order valence-electron chi connectivity index (χ0n) is 14.2. The summed E-state index contributed by atoms with van der Waals surface area (Å²) in [4.78, 5) is 23.6. The Morgan fingerprint density at radius 3 is 2.65 bits per heavy atom. The van der Waals surface area contributed by atoms with Crippen molar-refractivity contribution in [3.05, 3.63) is 71.0 Å². The Morgan fingerprint density at radius 1 is 1.19 bits per heavy atom. The van der Waals surface area contributed by atoms with Crippen LogP contribution in [0.15, 0.2) is 48.5 Å². The van der Waals surface area contributed by atoms with Gasteiger partial charge in [0, 0.05) is 0 Å². The van der Waals surface area contributed by atoms with Gasteiger partial charge in [0.1, 0.15) is 5.82 Å². The second-order valence-electron chi connectivity index (χ2n) is 6.28. The van der Waals surface area contributed by atoms with Crippen LogP contribution in [-0.4, -0.2) is 23.6 Å².